The molecule has 0 unspecified atom stereocenters. The van der Waals surface area contributed by atoms with Crippen LogP contribution in [-0.4, -0.2) is 74.6 Å². The van der Waals surface area contributed by atoms with Crippen LogP contribution in [0.5, 0.6) is 11.5 Å². The summed E-state index contributed by atoms with van der Waals surface area (Å²) in [7, 11) is -0.664. The number of hydrogen-bond acceptors (Lipinski definition) is 6. The zero-order valence-corrected chi connectivity index (χ0v) is 20.5. The lowest BCUT2D eigenvalue weighted by Gasteiger charge is -2.37. The standard InChI is InChI=1S/C24H32N2O6S/c1-16-13-26(17(2)15-27)33(29,30)24-11-10-19(20-8-6-7-9-21(20)31-5)12-22(24)32-23(16)14-25(4)18(3)28/h6-12,16-17,23,27H,13-15H2,1-5H3/t16-,17-,23-/m0/s1. The highest BCUT2D eigenvalue weighted by molar-refractivity contribution is 7.89. The highest BCUT2D eigenvalue weighted by atomic mass is 32.2. The molecule has 3 atom stereocenters. The fourth-order valence-electron chi connectivity index (χ4n) is 3.89. The molecule has 3 rings (SSSR count). The molecule has 33 heavy (non-hydrogen) atoms. The van der Waals surface area contributed by atoms with Gasteiger partial charge in [-0.3, -0.25) is 4.79 Å². The fourth-order valence-corrected chi connectivity index (χ4v) is 5.72. The predicted octanol–water partition coefficient (Wildman–Crippen LogP) is 2.61. The SMILES string of the molecule is COc1ccccc1-c1ccc2c(c1)O[C@@H](CN(C)C(C)=O)[C@@H](C)CN([C@@H](C)CO)S2(=O)=O. The number of benzene rings is 2. The van der Waals surface area contributed by atoms with E-state index in [-0.39, 0.29) is 35.6 Å². The summed E-state index contributed by atoms with van der Waals surface area (Å²) in [5.74, 6) is 0.521. The number of para-hydroxylation sites is 1. The highest BCUT2D eigenvalue weighted by Crippen LogP contribution is 2.38. The third-order valence-electron chi connectivity index (χ3n) is 6.08. The molecule has 0 aromatic heterocycles. The second kappa shape index (κ2) is 10.1. The van der Waals surface area contributed by atoms with E-state index in [2.05, 4.69) is 0 Å². The topological polar surface area (TPSA) is 96.4 Å². The Balaban J connectivity index is 2.17. The van der Waals surface area contributed by atoms with Crippen LogP contribution < -0.4 is 9.47 Å². The number of sulfonamides is 1. The number of aliphatic hydroxyl groups is 1. The van der Waals surface area contributed by atoms with Crippen molar-refractivity contribution in [1.82, 2.24) is 9.21 Å². The number of likely N-dealkylation sites (N-methyl/N-ethyl adjacent to an activating group) is 1. The summed E-state index contributed by atoms with van der Waals surface area (Å²) in [5, 5.41) is 9.75. The molecule has 0 saturated carbocycles. The first-order valence-corrected chi connectivity index (χ1v) is 12.3. The second-order valence-corrected chi connectivity index (χ2v) is 10.4. The highest BCUT2D eigenvalue weighted by Gasteiger charge is 2.38. The lowest BCUT2D eigenvalue weighted by atomic mass is 10.0. The van der Waals surface area contributed by atoms with Gasteiger partial charge in [-0.2, -0.15) is 4.31 Å². The van der Waals surface area contributed by atoms with Gasteiger partial charge in [0.15, 0.2) is 0 Å². The van der Waals surface area contributed by atoms with Crippen LogP contribution in [0.3, 0.4) is 0 Å². The first-order valence-electron chi connectivity index (χ1n) is 10.9. The number of ether oxygens (including phenoxy) is 2. The Morgan fingerprint density at radius 3 is 2.64 bits per heavy atom. The van der Waals surface area contributed by atoms with Crippen LogP contribution in [0, 0.1) is 5.92 Å². The van der Waals surface area contributed by atoms with Crippen LogP contribution in [0.2, 0.25) is 0 Å². The van der Waals surface area contributed by atoms with Crippen LogP contribution >= 0.6 is 0 Å². The van der Waals surface area contributed by atoms with Crippen molar-refractivity contribution in [2.45, 2.75) is 37.8 Å². The summed E-state index contributed by atoms with van der Waals surface area (Å²) in [6, 6.07) is 11.8. The molecule has 1 amide bonds. The number of nitrogens with zero attached hydrogens (tertiary/aromatic N) is 2. The molecule has 9 heteroatoms. The number of aliphatic hydroxyl groups excluding tert-OH is 1. The van der Waals surface area contributed by atoms with Gasteiger partial charge in [0, 0.05) is 38.0 Å². The molecule has 2 aromatic rings. The number of hydrogen-bond donors (Lipinski definition) is 1. The van der Waals surface area contributed by atoms with Crippen molar-refractivity contribution < 1.29 is 27.8 Å². The summed E-state index contributed by atoms with van der Waals surface area (Å²) in [6.07, 6.45) is -0.450. The zero-order chi connectivity index (χ0) is 24.3. The van der Waals surface area contributed by atoms with Gasteiger partial charge in [0.1, 0.15) is 22.5 Å². The molecule has 0 saturated heterocycles. The van der Waals surface area contributed by atoms with E-state index in [0.29, 0.717) is 12.3 Å². The zero-order valence-electron chi connectivity index (χ0n) is 19.7. The van der Waals surface area contributed by atoms with E-state index < -0.39 is 22.2 Å². The summed E-state index contributed by atoms with van der Waals surface area (Å²) in [5.41, 5.74) is 1.55. The first kappa shape index (κ1) is 25.0. The molecular weight excluding hydrogens is 444 g/mol. The van der Waals surface area contributed by atoms with Crippen molar-refractivity contribution in [3.05, 3.63) is 42.5 Å². The van der Waals surface area contributed by atoms with Gasteiger partial charge in [-0.25, -0.2) is 8.42 Å². The fraction of sp³-hybridized carbons (Fsp3) is 0.458. The van der Waals surface area contributed by atoms with E-state index in [0.717, 1.165) is 11.1 Å². The number of carbonyl (C=O) groups excluding carboxylic acids is 1. The smallest absolute Gasteiger partial charge is 0.247 e. The average molecular weight is 477 g/mol. The average Bonchev–Trinajstić information content (AvgIpc) is 2.80. The third kappa shape index (κ3) is 5.15. The van der Waals surface area contributed by atoms with Gasteiger partial charge in [-0.15, -0.1) is 0 Å². The number of methoxy groups -OCH3 is 1. The minimum absolute atomic E-state index is 0.0313. The van der Waals surface area contributed by atoms with E-state index in [9.17, 15) is 18.3 Å². The van der Waals surface area contributed by atoms with Gasteiger partial charge in [0.2, 0.25) is 15.9 Å². The van der Waals surface area contributed by atoms with Crippen molar-refractivity contribution in [2.24, 2.45) is 5.92 Å². The molecule has 1 N–H and O–H groups in total. The minimum Gasteiger partial charge on any atom is -0.496 e. The summed E-state index contributed by atoms with van der Waals surface area (Å²) >= 11 is 0. The van der Waals surface area contributed by atoms with E-state index >= 15 is 0 Å². The molecular formula is C24H32N2O6S. The summed E-state index contributed by atoms with van der Waals surface area (Å²) < 4.78 is 40.2. The van der Waals surface area contributed by atoms with Crippen molar-refractivity contribution in [3.8, 4) is 22.6 Å². The summed E-state index contributed by atoms with van der Waals surface area (Å²) in [6.45, 7) is 5.20. The molecule has 0 radical (unpaired) electrons. The lowest BCUT2D eigenvalue weighted by Crippen LogP contribution is -2.50. The molecule has 180 valence electrons. The largest absolute Gasteiger partial charge is 0.496 e. The van der Waals surface area contributed by atoms with E-state index in [1.807, 2.05) is 31.2 Å². The molecule has 1 heterocycles. The van der Waals surface area contributed by atoms with Crippen molar-refractivity contribution >= 4 is 15.9 Å². The monoisotopic (exact) mass is 476 g/mol. The second-order valence-electron chi connectivity index (χ2n) is 8.50. The van der Waals surface area contributed by atoms with Crippen LogP contribution in [0.1, 0.15) is 20.8 Å². The van der Waals surface area contributed by atoms with Gasteiger partial charge in [0.05, 0.1) is 20.3 Å². The molecule has 0 spiro atoms. The maximum Gasteiger partial charge on any atom is 0.247 e. The maximum absolute atomic E-state index is 13.6. The molecule has 0 fully saturated rings. The Kier molecular flexibility index (Phi) is 7.66. The van der Waals surface area contributed by atoms with Crippen LogP contribution in [0.15, 0.2) is 47.4 Å². The van der Waals surface area contributed by atoms with Gasteiger partial charge in [0.25, 0.3) is 0 Å². The molecule has 1 aliphatic rings. The van der Waals surface area contributed by atoms with E-state index in [1.54, 1.807) is 38.1 Å². The number of amides is 1. The van der Waals surface area contributed by atoms with Gasteiger partial charge in [-0.05, 0) is 30.7 Å². The maximum atomic E-state index is 13.6. The summed E-state index contributed by atoms with van der Waals surface area (Å²) in [4.78, 5) is 13.5. The third-order valence-corrected chi connectivity index (χ3v) is 8.10. The van der Waals surface area contributed by atoms with Gasteiger partial charge < -0.3 is 19.5 Å². The Hall–Kier alpha value is -2.62. The first-order chi connectivity index (χ1) is 15.6. The lowest BCUT2D eigenvalue weighted by molar-refractivity contribution is -0.129. The Morgan fingerprint density at radius 1 is 1.30 bits per heavy atom. The Bertz CT molecular complexity index is 1100. The Labute approximate surface area is 195 Å². The van der Waals surface area contributed by atoms with Crippen molar-refractivity contribution in [3.63, 3.8) is 0 Å². The van der Waals surface area contributed by atoms with Crippen molar-refractivity contribution in [2.75, 3.05) is 33.9 Å². The van der Waals surface area contributed by atoms with Crippen LogP contribution in [-0.2, 0) is 14.8 Å². The predicted molar refractivity (Wildman–Crippen MR) is 126 cm³/mol. The van der Waals surface area contributed by atoms with E-state index in [1.165, 1.54) is 17.3 Å². The normalized spacial score (nSPS) is 21.2. The Morgan fingerprint density at radius 2 is 2.00 bits per heavy atom. The molecule has 0 aliphatic carbocycles. The molecule has 8 nitrogen and oxygen atoms in total. The van der Waals surface area contributed by atoms with Gasteiger partial charge >= 0.3 is 0 Å². The van der Waals surface area contributed by atoms with Crippen LogP contribution in [0.25, 0.3) is 11.1 Å². The molecule has 1 aliphatic heterocycles. The van der Waals surface area contributed by atoms with Crippen LogP contribution in [0.4, 0.5) is 0 Å². The minimum atomic E-state index is -3.93. The number of fused-ring (bicyclic) bond motifs is 1. The number of carbonyl (C=O) groups is 1. The molecule has 0 bridgehead atoms. The van der Waals surface area contributed by atoms with E-state index in [4.69, 9.17) is 9.47 Å². The van der Waals surface area contributed by atoms with Crippen molar-refractivity contribution in [1.29, 1.82) is 0 Å². The van der Waals surface area contributed by atoms with Gasteiger partial charge in [-0.1, -0.05) is 31.2 Å². The number of rotatable bonds is 6. The quantitative estimate of drug-likeness (QED) is 0.689. The molecule has 2 aromatic carbocycles.